The van der Waals surface area contributed by atoms with Crippen molar-refractivity contribution >= 4 is 5.71 Å². The third-order valence-electron chi connectivity index (χ3n) is 3.91. The Morgan fingerprint density at radius 1 is 1.45 bits per heavy atom. The van der Waals surface area contributed by atoms with Gasteiger partial charge in [-0.25, -0.2) is 0 Å². The average molecular weight is 151 g/mol. The molecule has 2 bridgehead atoms. The predicted molar refractivity (Wildman–Crippen MR) is 48.0 cm³/mol. The van der Waals surface area contributed by atoms with E-state index in [-0.39, 0.29) is 0 Å². The Hall–Kier alpha value is -0.330. The summed E-state index contributed by atoms with van der Waals surface area (Å²) in [6.07, 6.45) is 4.07. The van der Waals surface area contributed by atoms with Gasteiger partial charge in [-0.3, -0.25) is 4.99 Å². The average Bonchev–Trinajstić information content (AvgIpc) is 2.04. The van der Waals surface area contributed by atoms with Crippen molar-refractivity contribution < 1.29 is 0 Å². The van der Waals surface area contributed by atoms with Crippen LogP contribution in [0.15, 0.2) is 4.99 Å². The van der Waals surface area contributed by atoms with Crippen LogP contribution in [0.1, 0.15) is 33.1 Å². The molecule has 11 heavy (non-hydrogen) atoms. The lowest BCUT2D eigenvalue weighted by Gasteiger charge is -2.57. The molecule has 3 saturated carbocycles. The Morgan fingerprint density at radius 3 is 2.55 bits per heavy atom. The molecule has 0 N–H and O–H groups in total. The first-order valence-corrected chi connectivity index (χ1v) is 4.62. The molecular formula is C10H17N. The Balaban J connectivity index is 2.23. The van der Waals surface area contributed by atoms with E-state index in [9.17, 15) is 0 Å². The first-order chi connectivity index (χ1) is 5.16. The minimum absolute atomic E-state index is 0.576. The number of aliphatic imine (C=N–C) groups is 1. The first-order valence-electron chi connectivity index (χ1n) is 4.62. The van der Waals surface area contributed by atoms with Gasteiger partial charge < -0.3 is 0 Å². The Labute approximate surface area is 68.9 Å². The van der Waals surface area contributed by atoms with Crippen molar-refractivity contribution in [2.45, 2.75) is 33.1 Å². The van der Waals surface area contributed by atoms with Gasteiger partial charge in [-0.2, -0.15) is 0 Å². The van der Waals surface area contributed by atoms with Crippen molar-refractivity contribution in [2.75, 3.05) is 7.05 Å². The molecule has 0 spiro atoms. The third kappa shape index (κ3) is 0.800. The molecule has 0 amide bonds. The molecule has 2 atom stereocenters. The molecule has 3 aliphatic carbocycles. The van der Waals surface area contributed by atoms with Crippen LogP contribution in [0.5, 0.6) is 0 Å². The normalized spacial score (nSPS) is 43.7. The van der Waals surface area contributed by atoms with Crippen molar-refractivity contribution in [3.05, 3.63) is 0 Å². The van der Waals surface area contributed by atoms with E-state index in [2.05, 4.69) is 18.8 Å². The lowest BCUT2D eigenvalue weighted by molar-refractivity contribution is 0.00146. The molecule has 1 heteroatoms. The van der Waals surface area contributed by atoms with E-state index in [0.717, 1.165) is 11.8 Å². The fraction of sp³-hybridized carbons (Fsp3) is 0.900. The Bertz CT molecular complexity index is 201. The van der Waals surface area contributed by atoms with Crippen LogP contribution in [0.2, 0.25) is 0 Å². The second-order valence-electron chi connectivity index (χ2n) is 4.56. The van der Waals surface area contributed by atoms with E-state index in [1.54, 1.807) is 0 Å². The summed E-state index contributed by atoms with van der Waals surface area (Å²) in [5, 5.41) is 0. The number of hydrogen-bond acceptors (Lipinski definition) is 1. The molecule has 3 aliphatic rings. The van der Waals surface area contributed by atoms with Crippen LogP contribution in [0.25, 0.3) is 0 Å². The van der Waals surface area contributed by atoms with Gasteiger partial charge in [0.15, 0.2) is 0 Å². The zero-order valence-electron chi connectivity index (χ0n) is 7.72. The maximum atomic E-state index is 4.38. The first kappa shape index (κ1) is 7.33. The molecule has 3 rings (SSSR count). The fourth-order valence-electron chi connectivity index (χ4n) is 2.84. The van der Waals surface area contributed by atoms with Crippen molar-refractivity contribution in [1.29, 1.82) is 0 Å². The van der Waals surface area contributed by atoms with Gasteiger partial charge in [0.25, 0.3) is 0 Å². The van der Waals surface area contributed by atoms with E-state index in [4.69, 9.17) is 0 Å². The lowest BCUT2D eigenvalue weighted by Crippen LogP contribution is -2.52. The van der Waals surface area contributed by atoms with Crippen LogP contribution >= 0.6 is 0 Å². The van der Waals surface area contributed by atoms with Gasteiger partial charge in [0.05, 0.1) is 0 Å². The van der Waals surface area contributed by atoms with Crippen LogP contribution in [0.3, 0.4) is 0 Å². The summed E-state index contributed by atoms with van der Waals surface area (Å²) in [5.74, 6) is 1.82. The van der Waals surface area contributed by atoms with Gasteiger partial charge in [0.1, 0.15) is 0 Å². The van der Waals surface area contributed by atoms with Crippen molar-refractivity contribution in [3.63, 3.8) is 0 Å². The van der Waals surface area contributed by atoms with Gasteiger partial charge in [-0.1, -0.05) is 13.8 Å². The van der Waals surface area contributed by atoms with Crippen LogP contribution in [0.4, 0.5) is 0 Å². The van der Waals surface area contributed by atoms with E-state index < -0.39 is 0 Å². The summed E-state index contributed by atoms with van der Waals surface area (Å²) < 4.78 is 0. The topological polar surface area (TPSA) is 12.4 Å². The molecule has 0 aromatic heterocycles. The van der Waals surface area contributed by atoms with Gasteiger partial charge in [0, 0.05) is 18.7 Å². The highest BCUT2D eigenvalue weighted by Crippen LogP contribution is 2.57. The summed E-state index contributed by atoms with van der Waals surface area (Å²) in [4.78, 5) is 4.38. The predicted octanol–water partition coefficient (Wildman–Crippen LogP) is 2.51. The van der Waals surface area contributed by atoms with E-state index in [1.165, 1.54) is 25.0 Å². The minimum Gasteiger partial charge on any atom is -0.297 e. The summed E-state index contributed by atoms with van der Waals surface area (Å²) in [5.41, 5.74) is 2.06. The fourth-order valence-corrected chi connectivity index (χ4v) is 2.84. The number of rotatable bonds is 0. The SMILES string of the molecule is CN=C1CC[C@H]2C[C@@H]1C2(C)C. The van der Waals surface area contributed by atoms with Crippen molar-refractivity contribution in [2.24, 2.45) is 22.2 Å². The highest BCUT2D eigenvalue weighted by Gasteiger charge is 2.52. The molecule has 0 aromatic carbocycles. The Morgan fingerprint density at radius 2 is 2.18 bits per heavy atom. The van der Waals surface area contributed by atoms with Gasteiger partial charge >= 0.3 is 0 Å². The zero-order valence-corrected chi connectivity index (χ0v) is 7.72. The van der Waals surface area contributed by atoms with Crippen LogP contribution < -0.4 is 0 Å². The summed E-state index contributed by atoms with van der Waals surface area (Å²) in [6, 6.07) is 0. The largest absolute Gasteiger partial charge is 0.297 e. The summed E-state index contributed by atoms with van der Waals surface area (Å²) >= 11 is 0. The monoisotopic (exact) mass is 151 g/mol. The quantitative estimate of drug-likeness (QED) is 0.504. The smallest absolute Gasteiger partial charge is 0.0276 e. The lowest BCUT2D eigenvalue weighted by atomic mass is 9.48. The maximum absolute atomic E-state index is 4.38. The third-order valence-corrected chi connectivity index (χ3v) is 3.91. The molecule has 0 unspecified atom stereocenters. The van der Waals surface area contributed by atoms with Crippen molar-refractivity contribution in [1.82, 2.24) is 0 Å². The molecule has 0 aromatic rings. The van der Waals surface area contributed by atoms with E-state index in [0.29, 0.717) is 5.41 Å². The second-order valence-corrected chi connectivity index (χ2v) is 4.56. The van der Waals surface area contributed by atoms with Gasteiger partial charge in [-0.05, 0) is 30.6 Å². The van der Waals surface area contributed by atoms with Gasteiger partial charge in [0.2, 0.25) is 0 Å². The molecule has 62 valence electrons. The summed E-state index contributed by atoms with van der Waals surface area (Å²) in [7, 11) is 1.95. The molecule has 0 radical (unpaired) electrons. The van der Waals surface area contributed by atoms with Crippen LogP contribution in [-0.4, -0.2) is 12.8 Å². The molecule has 3 fully saturated rings. The number of hydrogen-bond donors (Lipinski definition) is 0. The molecule has 1 nitrogen and oxygen atoms in total. The Kier molecular flexibility index (Phi) is 1.39. The summed E-state index contributed by atoms with van der Waals surface area (Å²) in [6.45, 7) is 4.80. The minimum atomic E-state index is 0.576. The van der Waals surface area contributed by atoms with E-state index >= 15 is 0 Å². The van der Waals surface area contributed by atoms with Crippen LogP contribution in [0, 0.1) is 17.3 Å². The van der Waals surface area contributed by atoms with Gasteiger partial charge in [-0.15, -0.1) is 0 Å². The molecule has 0 heterocycles. The molecular weight excluding hydrogens is 134 g/mol. The highest BCUT2D eigenvalue weighted by atomic mass is 14.7. The second kappa shape index (κ2) is 2.09. The highest BCUT2D eigenvalue weighted by molar-refractivity contribution is 5.89. The zero-order chi connectivity index (χ0) is 8.06. The number of nitrogens with zero attached hydrogens (tertiary/aromatic N) is 1. The standard InChI is InChI=1S/C10H17N/c1-10(2)7-4-5-9(11-3)8(10)6-7/h7-8H,4-6H2,1-3H3/t7-,8-/m0/s1. The molecule has 0 saturated heterocycles. The van der Waals surface area contributed by atoms with E-state index in [1.807, 2.05) is 7.05 Å². The molecule has 0 aliphatic heterocycles. The number of fused-ring (bicyclic) bond motifs is 2. The maximum Gasteiger partial charge on any atom is 0.0276 e. The van der Waals surface area contributed by atoms with Crippen LogP contribution in [-0.2, 0) is 0 Å². The van der Waals surface area contributed by atoms with Crippen molar-refractivity contribution in [3.8, 4) is 0 Å².